The second-order valence-electron chi connectivity index (χ2n) is 7.49. The molecule has 3 aliphatic heterocycles. The molecule has 3 heterocycles. The van der Waals surface area contributed by atoms with Gasteiger partial charge in [-0.05, 0) is 6.92 Å². The molecule has 7 heteroatoms. The van der Waals surface area contributed by atoms with Crippen LogP contribution < -0.4 is 0 Å². The molecule has 22 heavy (non-hydrogen) atoms. The van der Waals surface area contributed by atoms with Crippen LogP contribution in [0.4, 0.5) is 0 Å². The number of amides is 1. The fourth-order valence-electron chi connectivity index (χ4n) is 4.09. The van der Waals surface area contributed by atoms with Crippen LogP contribution in [0.3, 0.4) is 0 Å². The van der Waals surface area contributed by atoms with E-state index in [4.69, 9.17) is 14.2 Å². The van der Waals surface area contributed by atoms with Crippen LogP contribution in [0.2, 0.25) is 0 Å². The molecule has 0 saturated carbocycles. The van der Waals surface area contributed by atoms with E-state index in [1.807, 2.05) is 20.8 Å². The lowest BCUT2D eigenvalue weighted by Crippen LogP contribution is -2.62. The fraction of sp³-hybridized carbons (Fsp3) is 0.867. The summed E-state index contributed by atoms with van der Waals surface area (Å²) in [6.45, 7) is 7.43. The lowest BCUT2D eigenvalue weighted by atomic mass is 9.80. The Balaban J connectivity index is 2.13. The number of nitrogens with zero attached hydrogens (tertiary/aromatic N) is 1. The minimum atomic E-state index is -1.29. The summed E-state index contributed by atoms with van der Waals surface area (Å²) in [5.41, 5.74) is -3.83. The van der Waals surface area contributed by atoms with Crippen LogP contribution in [0.5, 0.6) is 0 Å². The number of carbonyl (C=O) groups is 2. The zero-order chi connectivity index (χ0) is 16.6. The highest BCUT2D eigenvalue weighted by atomic mass is 16.7. The van der Waals surface area contributed by atoms with Crippen LogP contribution in [0.15, 0.2) is 0 Å². The number of aliphatic hydroxyl groups is 1. The quantitative estimate of drug-likeness (QED) is 0.585. The third-order valence-electron chi connectivity index (χ3n) is 5.28. The average molecular weight is 313 g/mol. The predicted molar refractivity (Wildman–Crippen MR) is 74.7 cm³/mol. The average Bonchev–Trinajstić information content (AvgIpc) is 2.82. The molecule has 3 saturated heterocycles. The number of carbonyl (C=O) groups excluding carboxylic acids is 2. The van der Waals surface area contributed by atoms with Crippen LogP contribution in [0.25, 0.3) is 0 Å². The number of methoxy groups -OCH3 is 1. The number of morpholine rings is 1. The molecule has 0 aromatic heterocycles. The molecule has 0 aliphatic carbocycles. The summed E-state index contributed by atoms with van der Waals surface area (Å²) in [5.74, 6) is -0.834. The molecule has 0 aromatic rings. The predicted octanol–water partition coefficient (Wildman–Crippen LogP) is 0.0529. The number of hydrogen-bond donors (Lipinski definition) is 1. The van der Waals surface area contributed by atoms with Crippen LogP contribution in [-0.4, -0.2) is 65.2 Å². The van der Waals surface area contributed by atoms with Crippen LogP contribution in [-0.2, 0) is 23.8 Å². The first-order valence-corrected chi connectivity index (χ1v) is 7.47. The van der Waals surface area contributed by atoms with Crippen molar-refractivity contribution in [1.29, 1.82) is 0 Å². The highest BCUT2D eigenvalue weighted by molar-refractivity contribution is 6.04. The van der Waals surface area contributed by atoms with E-state index in [-0.39, 0.29) is 31.0 Å². The van der Waals surface area contributed by atoms with Crippen molar-refractivity contribution in [3.8, 4) is 0 Å². The number of esters is 1. The van der Waals surface area contributed by atoms with E-state index in [0.29, 0.717) is 0 Å². The van der Waals surface area contributed by atoms with Crippen molar-refractivity contribution in [2.75, 3.05) is 20.3 Å². The maximum absolute atomic E-state index is 13.0. The van der Waals surface area contributed by atoms with Gasteiger partial charge in [-0.3, -0.25) is 9.69 Å². The van der Waals surface area contributed by atoms with Gasteiger partial charge in [0.25, 0.3) is 5.91 Å². The van der Waals surface area contributed by atoms with E-state index in [0.717, 1.165) is 0 Å². The maximum atomic E-state index is 13.0. The van der Waals surface area contributed by atoms with Crippen molar-refractivity contribution in [3.05, 3.63) is 0 Å². The van der Waals surface area contributed by atoms with Crippen molar-refractivity contribution in [2.24, 2.45) is 5.41 Å². The number of fused-ring (bicyclic) bond motifs is 3. The summed E-state index contributed by atoms with van der Waals surface area (Å²) in [6, 6.07) is 0. The van der Waals surface area contributed by atoms with Gasteiger partial charge in [-0.25, -0.2) is 4.79 Å². The molecule has 3 rings (SSSR count). The molecule has 0 unspecified atom stereocenters. The standard InChI is InChI=1S/C15H23NO6/c1-12(2,3)10-16-9(18)15(6-7-17)13(4,22-15)14(16,8-21-10)11(19)20-5/h10,17H,6-8H2,1-5H3/t10-,13-,14+,15+/m0/s1. The first-order chi connectivity index (χ1) is 10.1. The van der Waals surface area contributed by atoms with E-state index in [1.165, 1.54) is 12.0 Å². The van der Waals surface area contributed by atoms with E-state index >= 15 is 0 Å². The van der Waals surface area contributed by atoms with Gasteiger partial charge in [0.05, 0.1) is 13.7 Å². The second-order valence-corrected chi connectivity index (χ2v) is 7.49. The third-order valence-corrected chi connectivity index (χ3v) is 5.28. The molecular formula is C15H23NO6. The van der Waals surface area contributed by atoms with Gasteiger partial charge >= 0.3 is 5.97 Å². The summed E-state index contributed by atoms with van der Waals surface area (Å²) in [4.78, 5) is 27.1. The number of hydrogen-bond acceptors (Lipinski definition) is 6. The third kappa shape index (κ3) is 1.42. The Morgan fingerprint density at radius 3 is 2.64 bits per heavy atom. The van der Waals surface area contributed by atoms with Gasteiger partial charge in [-0.2, -0.15) is 0 Å². The molecule has 124 valence electrons. The van der Waals surface area contributed by atoms with E-state index < -0.39 is 28.9 Å². The molecule has 3 aliphatic rings. The van der Waals surface area contributed by atoms with Crippen molar-refractivity contribution in [1.82, 2.24) is 4.90 Å². The van der Waals surface area contributed by atoms with E-state index in [2.05, 4.69) is 0 Å². The topological polar surface area (TPSA) is 88.6 Å². The van der Waals surface area contributed by atoms with Crippen molar-refractivity contribution in [2.45, 2.75) is 57.1 Å². The second kappa shape index (κ2) is 4.21. The van der Waals surface area contributed by atoms with Gasteiger partial charge < -0.3 is 19.3 Å². The number of rotatable bonds is 3. The molecule has 7 nitrogen and oxygen atoms in total. The highest BCUT2D eigenvalue weighted by Crippen LogP contribution is 2.67. The Morgan fingerprint density at radius 2 is 2.14 bits per heavy atom. The maximum Gasteiger partial charge on any atom is 0.337 e. The Morgan fingerprint density at radius 1 is 1.50 bits per heavy atom. The van der Waals surface area contributed by atoms with Crippen molar-refractivity contribution >= 4 is 11.9 Å². The van der Waals surface area contributed by atoms with Gasteiger partial charge in [0, 0.05) is 18.4 Å². The minimum Gasteiger partial charge on any atom is -0.467 e. The number of aliphatic hydroxyl groups excluding tert-OH is 1. The van der Waals surface area contributed by atoms with Crippen molar-refractivity contribution in [3.63, 3.8) is 0 Å². The van der Waals surface area contributed by atoms with E-state index in [9.17, 15) is 14.7 Å². The minimum absolute atomic E-state index is 0.0387. The monoisotopic (exact) mass is 313 g/mol. The summed E-state index contributed by atoms with van der Waals surface area (Å²) < 4.78 is 16.6. The number of ether oxygens (including phenoxy) is 3. The van der Waals surface area contributed by atoms with Crippen molar-refractivity contribution < 1.29 is 28.9 Å². The fourth-order valence-corrected chi connectivity index (χ4v) is 4.09. The summed E-state index contributed by atoms with van der Waals surface area (Å²) in [7, 11) is 1.29. The molecule has 0 bridgehead atoms. The molecule has 1 amide bonds. The Kier molecular flexibility index (Phi) is 3.01. The van der Waals surface area contributed by atoms with Gasteiger partial charge in [0.2, 0.25) is 0 Å². The zero-order valence-electron chi connectivity index (χ0n) is 13.6. The molecule has 1 N–H and O–H groups in total. The smallest absolute Gasteiger partial charge is 0.337 e. The molecule has 3 fully saturated rings. The van der Waals surface area contributed by atoms with Gasteiger partial charge in [0.15, 0.2) is 11.1 Å². The van der Waals surface area contributed by atoms with Crippen LogP contribution >= 0.6 is 0 Å². The first kappa shape index (κ1) is 15.7. The summed E-state index contributed by atoms with van der Waals surface area (Å²) >= 11 is 0. The van der Waals surface area contributed by atoms with Gasteiger partial charge in [-0.1, -0.05) is 20.8 Å². The largest absolute Gasteiger partial charge is 0.467 e. The Labute approximate surface area is 129 Å². The molecule has 0 spiro atoms. The van der Waals surface area contributed by atoms with Gasteiger partial charge in [0.1, 0.15) is 11.8 Å². The summed E-state index contributed by atoms with van der Waals surface area (Å²) in [5, 5.41) is 9.32. The molecule has 4 atom stereocenters. The SMILES string of the molecule is COC(=O)[C@@]12CO[C@@H](C(C)(C)C)N1C(=O)[C@@]1(CCO)O[C@@]21C. The first-order valence-electron chi connectivity index (χ1n) is 7.47. The highest BCUT2D eigenvalue weighted by Gasteiger charge is 2.92. The normalized spacial score (nSPS) is 43.1. The number of epoxide rings is 1. The molecular weight excluding hydrogens is 290 g/mol. The Bertz CT molecular complexity index is 543. The molecule has 0 radical (unpaired) electrons. The molecule has 0 aromatic carbocycles. The lowest BCUT2D eigenvalue weighted by molar-refractivity contribution is -0.168. The van der Waals surface area contributed by atoms with Gasteiger partial charge in [-0.15, -0.1) is 0 Å². The zero-order valence-corrected chi connectivity index (χ0v) is 13.6. The summed E-state index contributed by atoms with van der Waals surface area (Å²) in [6.07, 6.45) is -0.378. The Hall–Kier alpha value is -1.18. The van der Waals surface area contributed by atoms with Crippen LogP contribution in [0.1, 0.15) is 34.1 Å². The van der Waals surface area contributed by atoms with Crippen LogP contribution in [0, 0.1) is 5.41 Å². The van der Waals surface area contributed by atoms with E-state index in [1.54, 1.807) is 6.92 Å². The lowest BCUT2D eigenvalue weighted by Gasteiger charge is -2.39.